The Kier molecular flexibility index (Phi) is 2.97. The molecule has 0 aliphatic rings. The number of carbonyl (C=O) groups is 1. The summed E-state index contributed by atoms with van der Waals surface area (Å²) in [6, 6.07) is 3.05. The Morgan fingerprint density at radius 3 is 3.08 bits per heavy atom. The minimum atomic E-state index is -0.444. The lowest BCUT2D eigenvalue weighted by Gasteiger charge is -2.01. The maximum Gasteiger partial charge on any atom is 0.329 e. The van der Waals surface area contributed by atoms with E-state index in [0.717, 1.165) is 0 Å². The van der Waals surface area contributed by atoms with Gasteiger partial charge in [0.25, 0.3) is 0 Å². The van der Waals surface area contributed by atoms with Gasteiger partial charge in [0, 0.05) is 6.20 Å². The highest BCUT2D eigenvalue weighted by Crippen LogP contribution is 1.88. The van der Waals surface area contributed by atoms with Gasteiger partial charge in [0.1, 0.15) is 0 Å². The number of aromatic nitrogens is 2. The summed E-state index contributed by atoms with van der Waals surface area (Å²) < 4.78 is 0. The Hall–Kier alpha value is -1.69. The summed E-state index contributed by atoms with van der Waals surface area (Å²) in [5.74, 6) is 4.84. The fourth-order valence-corrected chi connectivity index (χ4v) is 0.650. The highest BCUT2D eigenvalue weighted by molar-refractivity contribution is 5.72. The first-order chi connectivity index (χ1) is 5.83. The molecule has 1 rings (SSSR count). The van der Waals surface area contributed by atoms with Crippen LogP contribution in [-0.4, -0.2) is 16.2 Å². The largest absolute Gasteiger partial charge is 0.331 e. The Labute approximate surface area is 69.1 Å². The van der Waals surface area contributed by atoms with Gasteiger partial charge in [-0.1, -0.05) is 0 Å². The molecule has 4 N–H and O–H groups in total. The van der Waals surface area contributed by atoms with E-state index in [0.29, 0.717) is 12.2 Å². The predicted octanol–water partition coefficient (Wildman–Crippen LogP) is -0.851. The first-order valence-electron chi connectivity index (χ1n) is 3.34. The molecule has 0 saturated heterocycles. The van der Waals surface area contributed by atoms with E-state index in [1.54, 1.807) is 18.3 Å². The molecule has 0 bridgehead atoms. The zero-order valence-corrected chi connectivity index (χ0v) is 6.32. The third-order valence-corrected chi connectivity index (χ3v) is 1.19. The zero-order chi connectivity index (χ0) is 8.81. The molecule has 0 saturated carbocycles. The smallest absolute Gasteiger partial charge is 0.329 e. The maximum absolute atomic E-state index is 10.6. The van der Waals surface area contributed by atoms with Crippen LogP contribution < -0.4 is 16.6 Å². The van der Waals surface area contributed by atoms with Gasteiger partial charge in [-0.15, -0.1) is 0 Å². The van der Waals surface area contributed by atoms with Crippen LogP contribution >= 0.6 is 0 Å². The van der Waals surface area contributed by atoms with E-state index in [9.17, 15) is 4.79 Å². The number of rotatable bonds is 2. The summed E-state index contributed by atoms with van der Waals surface area (Å²) in [5, 5.41) is 9.86. The average Bonchev–Trinajstić information content (AvgIpc) is 2.16. The number of hydrogen-bond donors (Lipinski definition) is 3. The van der Waals surface area contributed by atoms with Crippen molar-refractivity contribution >= 4 is 6.03 Å². The number of hydrogen-bond acceptors (Lipinski definition) is 4. The highest BCUT2D eigenvalue weighted by Gasteiger charge is 1.96. The molecule has 2 amide bonds. The molecule has 1 heterocycles. The van der Waals surface area contributed by atoms with Gasteiger partial charge in [-0.25, -0.2) is 10.6 Å². The number of nitrogens with one attached hydrogen (secondary N) is 2. The highest BCUT2D eigenvalue weighted by atomic mass is 16.2. The van der Waals surface area contributed by atoms with E-state index < -0.39 is 6.03 Å². The minimum Gasteiger partial charge on any atom is -0.331 e. The lowest BCUT2D eigenvalue weighted by Crippen LogP contribution is -2.39. The number of hydrazine groups is 1. The molecule has 0 aliphatic carbocycles. The molecule has 1 aromatic rings. The number of amides is 2. The SMILES string of the molecule is NNC(=O)NCc1cccnn1. The second kappa shape index (κ2) is 4.24. The number of carbonyl (C=O) groups excluding carboxylic acids is 1. The molecule has 0 fully saturated rings. The van der Waals surface area contributed by atoms with Gasteiger partial charge in [-0.3, -0.25) is 5.43 Å². The molecule has 0 aromatic carbocycles. The summed E-state index contributed by atoms with van der Waals surface area (Å²) in [5.41, 5.74) is 2.62. The van der Waals surface area contributed by atoms with Crippen molar-refractivity contribution in [2.45, 2.75) is 6.54 Å². The Morgan fingerprint density at radius 1 is 1.67 bits per heavy atom. The summed E-state index contributed by atoms with van der Waals surface area (Å²) in [6.45, 7) is 0.316. The Balaban J connectivity index is 2.38. The molecule has 0 radical (unpaired) electrons. The summed E-state index contributed by atoms with van der Waals surface area (Å²) in [6.07, 6.45) is 1.56. The quantitative estimate of drug-likeness (QED) is 0.304. The van der Waals surface area contributed by atoms with Gasteiger partial charge in [0.2, 0.25) is 0 Å². The van der Waals surface area contributed by atoms with Gasteiger partial charge in [0.05, 0.1) is 12.2 Å². The summed E-state index contributed by atoms with van der Waals surface area (Å²) in [4.78, 5) is 10.6. The van der Waals surface area contributed by atoms with Crippen molar-refractivity contribution in [3.8, 4) is 0 Å². The Bertz CT molecular complexity index is 249. The van der Waals surface area contributed by atoms with E-state index in [4.69, 9.17) is 5.84 Å². The van der Waals surface area contributed by atoms with Gasteiger partial charge in [0.15, 0.2) is 0 Å². The number of nitrogens with two attached hydrogens (primary N) is 1. The lowest BCUT2D eigenvalue weighted by atomic mass is 10.4. The van der Waals surface area contributed by atoms with Crippen LogP contribution in [0.3, 0.4) is 0 Å². The zero-order valence-electron chi connectivity index (χ0n) is 6.32. The topological polar surface area (TPSA) is 92.9 Å². The van der Waals surface area contributed by atoms with Crippen LogP contribution in [0, 0.1) is 0 Å². The van der Waals surface area contributed by atoms with Crippen LogP contribution in [-0.2, 0) is 6.54 Å². The molecular weight excluding hydrogens is 158 g/mol. The fraction of sp³-hybridized carbons (Fsp3) is 0.167. The molecule has 0 spiro atoms. The number of nitrogens with zero attached hydrogens (tertiary/aromatic N) is 2. The second-order valence-electron chi connectivity index (χ2n) is 2.04. The molecule has 0 atom stereocenters. The predicted molar refractivity (Wildman–Crippen MR) is 41.6 cm³/mol. The lowest BCUT2D eigenvalue weighted by molar-refractivity contribution is 0.240. The van der Waals surface area contributed by atoms with Gasteiger partial charge in [-0.2, -0.15) is 10.2 Å². The molecule has 0 unspecified atom stereocenters. The van der Waals surface area contributed by atoms with Crippen molar-refractivity contribution in [1.82, 2.24) is 20.9 Å². The summed E-state index contributed by atoms with van der Waals surface area (Å²) >= 11 is 0. The van der Waals surface area contributed by atoms with Gasteiger partial charge in [-0.05, 0) is 12.1 Å². The van der Waals surface area contributed by atoms with Crippen molar-refractivity contribution in [2.24, 2.45) is 5.84 Å². The standard InChI is InChI=1S/C6H9N5O/c7-10-6(12)8-4-5-2-1-3-9-11-5/h1-3H,4,7H2,(H2,8,10,12). The molecule has 64 valence electrons. The molecule has 1 aromatic heterocycles. The van der Waals surface area contributed by atoms with Crippen molar-refractivity contribution in [3.63, 3.8) is 0 Å². The maximum atomic E-state index is 10.6. The third kappa shape index (κ3) is 2.51. The van der Waals surface area contributed by atoms with Crippen LogP contribution in [0.2, 0.25) is 0 Å². The molecular formula is C6H9N5O. The average molecular weight is 167 g/mol. The second-order valence-corrected chi connectivity index (χ2v) is 2.04. The van der Waals surface area contributed by atoms with E-state index in [1.807, 2.05) is 5.43 Å². The van der Waals surface area contributed by atoms with Crippen LogP contribution in [0.5, 0.6) is 0 Å². The first kappa shape index (κ1) is 8.41. The monoisotopic (exact) mass is 167 g/mol. The van der Waals surface area contributed by atoms with Crippen LogP contribution in [0.25, 0.3) is 0 Å². The van der Waals surface area contributed by atoms with Crippen LogP contribution in [0.4, 0.5) is 4.79 Å². The van der Waals surface area contributed by atoms with E-state index in [2.05, 4.69) is 15.5 Å². The third-order valence-electron chi connectivity index (χ3n) is 1.19. The van der Waals surface area contributed by atoms with Gasteiger partial charge < -0.3 is 5.32 Å². The van der Waals surface area contributed by atoms with Crippen LogP contribution in [0.15, 0.2) is 18.3 Å². The molecule has 0 aliphatic heterocycles. The summed E-state index contributed by atoms with van der Waals surface area (Å²) in [7, 11) is 0. The van der Waals surface area contributed by atoms with Crippen LogP contribution in [0.1, 0.15) is 5.69 Å². The van der Waals surface area contributed by atoms with E-state index in [1.165, 1.54) is 0 Å². The fourth-order valence-electron chi connectivity index (χ4n) is 0.650. The normalized spacial score (nSPS) is 9.08. The van der Waals surface area contributed by atoms with E-state index >= 15 is 0 Å². The first-order valence-corrected chi connectivity index (χ1v) is 3.34. The number of urea groups is 1. The van der Waals surface area contributed by atoms with Crippen molar-refractivity contribution in [3.05, 3.63) is 24.0 Å². The van der Waals surface area contributed by atoms with Crippen molar-refractivity contribution < 1.29 is 4.79 Å². The minimum absolute atomic E-state index is 0.316. The van der Waals surface area contributed by atoms with Crippen molar-refractivity contribution in [1.29, 1.82) is 0 Å². The van der Waals surface area contributed by atoms with Crippen molar-refractivity contribution in [2.75, 3.05) is 0 Å². The Morgan fingerprint density at radius 2 is 2.50 bits per heavy atom. The van der Waals surface area contributed by atoms with E-state index in [-0.39, 0.29) is 0 Å². The van der Waals surface area contributed by atoms with Gasteiger partial charge >= 0.3 is 6.03 Å². The molecule has 6 heteroatoms. The molecule has 12 heavy (non-hydrogen) atoms. The molecule has 6 nitrogen and oxygen atoms in total.